The van der Waals surface area contributed by atoms with E-state index in [0.29, 0.717) is 0 Å². The van der Waals surface area contributed by atoms with Gasteiger partial charge in [-0.15, -0.1) is 6.58 Å². The van der Waals surface area contributed by atoms with Crippen molar-refractivity contribution in [3.8, 4) is 0 Å². The van der Waals surface area contributed by atoms with Gasteiger partial charge in [-0.25, -0.2) is 0 Å². The van der Waals surface area contributed by atoms with Crippen molar-refractivity contribution < 1.29 is 0 Å². The highest BCUT2D eigenvalue weighted by molar-refractivity contribution is 4.69. The van der Waals surface area contributed by atoms with Crippen LogP contribution in [0.25, 0.3) is 0 Å². The Morgan fingerprint density at radius 1 is 1.14 bits per heavy atom. The lowest BCUT2D eigenvalue weighted by atomic mass is 10.1. The summed E-state index contributed by atoms with van der Waals surface area (Å²) in [5.41, 5.74) is 0. The zero-order chi connectivity index (χ0) is 10.1. The summed E-state index contributed by atoms with van der Waals surface area (Å²) in [6, 6.07) is 0. The second-order valence-corrected chi connectivity index (χ2v) is 4.49. The van der Waals surface area contributed by atoms with Crippen LogP contribution in [0.1, 0.15) is 51.4 Å². The van der Waals surface area contributed by atoms with Crippen LogP contribution < -0.4 is 5.32 Å². The van der Waals surface area contributed by atoms with E-state index in [4.69, 9.17) is 0 Å². The molecule has 1 nitrogen and oxygen atoms in total. The normalized spacial score (nSPS) is 17.4. The maximum absolute atomic E-state index is 3.73. The van der Waals surface area contributed by atoms with E-state index in [2.05, 4.69) is 11.9 Å². The molecule has 1 saturated carbocycles. The Hall–Kier alpha value is -0.300. The molecule has 0 radical (unpaired) electrons. The Balaban J connectivity index is 1.77. The first-order chi connectivity index (χ1) is 6.93. The van der Waals surface area contributed by atoms with Gasteiger partial charge in [-0.2, -0.15) is 0 Å². The van der Waals surface area contributed by atoms with E-state index in [0.717, 1.165) is 5.92 Å². The molecule has 0 heterocycles. The van der Waals surface area contributed by atoms with Gasteiger partial charge in [0.25, 0.3) is 0 Å². The largest absolute Gasteiger partial charge is 0.316 e. The molecule has 0 atom stereocenters. The molecule has 0 aromatic carbocycles. The van der Waals surface area contributed by atoms with Gasteiger partial charge < -0.3 is 5.32 Å². The van der Waals surface area contributed by atoms with E-state index in [-0.39, 0.29) is 0 Å². The molecular weight excluding hydrogens is 170 g/mol. The zero-order valence-electron chi connectivity index (χ0n) is 9.43. The molecular formula is C13H25N. The number of hydrogen-bond acceptors (Lipinski definition) is 1. The summed E-state index contributed by atoms with van der Waals surface area (Å²) >= 11 is 0. The number of nitrogens with one attached hydrogen (secondary N) is 1. The summed E-state index contributed by atoms with van der Waals surface area (Å²) in [5.74, 6) is 0.989. The minimum atomic E-state index is 0.989. The van der Waals surface area contributed by atoms with Crippen molar-refractivity contribution in [1.29, 1.82) is 0 Å². The van der Waals surface area contributed by atoms with Gasteiger partial charge in [0, 0.05) is 0 Å². The second kappa shape index (κ2) is 8.05. The molecule has 0 aromatic rings. The molecule has 1 rings (SSSR count). The van der Waals surface area contributed by atoms with Crippen molar-refractivity contribution in [1.82, 2.24) is 5.32 Å². The average molecular weight is 195 g/mol. The summed E-state index contributed by atoms with van der Waals surface area (Å²) in [6.45, 7) is 6.21. The molecule has 1 N–H and O–H groups in total. The molecule has 0 spiro atoms. The van der Waals surface area contributed by atoms with E-state index in [9.17, 15) is 0 Å². The van der Waals surface area contributed by atoms with Crippen molar-refractivity contribution in [2.75, 3.05) is 13.1 Å². The SMILES string of the molecule is C=CCCCCCNCC1CCCC1. The number of rotatable bonds is 8. The monoisotopic (exact) mass is 195 g/mol. The lowest BCUT2D eigenvalue weighted by molar-refractivity contribution is 0.480. The minimum absolute atomic E-state index is 0.989. The smallest absolute Gasteiger partial charge is 0.00205 e. The predicted octanol–water partition coefficient (Wildman–Crippen LogP) is 3.51. The predicted molar refractivity (Wildman–Crippen MR) is 63.5 cm³/mol. The molecule has 0 aromatic heterocycles. The quantitative estimate of drug-likeness (QED) is 0.461. The first kappa shape index (κ1) is 11.8. The van der Waals surface area contributed by atoms with Crippen molar-refractivity contribution in [2.24, 2.45) is 5.92 Å². The summed E-state index contributed by atoms with van der Waals surface area (Å²) in [6.07, 6.45) is 13.1. The van der Waals surface area contributed by atoms with E-state index in [1.165, 1.54) is 64.5 Å². The van der Waals surface area contributed by atoms with Gasteiger partial charge in [0.1, 0.15) is 0 Å². The van der Waals surface area contributed by atoms with Gasteiger partial charge >= 0.3 is 0 Å². The Labute approximate surface area is 89.0 Å². The van der Waals surface area contributed by atoms with Crippen LogP contribution in [0.15, 0.2) is 12.7 Å². The fourth-order valence-corrected chi connectivity index (χ4v) is 2.24. The molecule has 82 valence electrons. The molecule has 0 unspecified atom stereocenters. The van der Waals surface area contributed by atoms with Crippen LogP contribution in [0.2, 0.25) is 0 Å². The Morgan fingerprint density at radius 2 is 1.93 bits per heavy atom. The van der Waals surface area contributed by atoms with Crippen molar-refractivity contribution in [3.05, 3.63) is 12.7 Å². The third-order valence-electron chi connectivity index (χ3n) is 3.17. The van der Waals surface area contributed by atoms with E-state index in [1.54, 1.807) is 0 Å². The van der Waals surface area contributed by atoms with E-state index < -0.39 is 0 Å². The van der Waals surface area contributed by atoms with Crippen LogP contribution in [0.4, 0.5) is 0 Å². The first-order valence-electron chi connectivity index (χ1n) is 6.25. The standard InChI is InChI=1S/C13H25N/c1-2-3-4-5-8-11-14-12-13-9-6-7-10-13/h2,13-14H,1,3-12H2. The van der Waals surface area contributed by atoms with Gasteiger partial charge in [0.05, 0.1) is 0 Å². The van der Waals surface area contributed by atoms with Gasteiger partial charge in [-0.3, -0.25) is 0 Å². The highest BCUT2D eigenvalue weighted by atomic mass is 14.9. The second-order valence-electron chi connectivity index (χ2n) is 4.49. The fourth-order valence-electron chi connectivity index (χ4n) is 2.24. The van der Waals surface area contributed by atoms with Crippen molar-refractivity contribution in [2.45, 2.75) is 51.4 Å². The Morgan fingerprint density at radius 3 is 2.64 bits per heavy atom. The lowest BCUT2D eigenvalue weighted by Gasteiger charge is -2.09. The van der Waals surface area contributed by atoms with Crippen LogP contribution in [0, 0.1) is 5.92 Å². The number of allylic oxidation sites excluding steroid dienone is 1. The maximum atomic E-state index is 3.73. The summed E-state index contributed by atoms with van der Waals surface area (Å²) < 4.78 is 0. The third kappa shape index (κ3) is 5.43. The molecule has 1 aliphatic rings. The maximum Gasteiger partial charge on any atom is -0.00205 e. The average Bonchev–Trinajstić information content (AvgIpc) is 2.69. The molecule has 0 amide bonds. The zero-order valence-corrected chi connectivity index (χ0v) is 9.43. The number of hydrogen-bond donors (Lipinski definition) is 1. The molecule has 14 heavy (non-hydrogen) atoms. The van der Waals surface area contributed by atoms with Crippen LogP contribution in [0.3, 0.4) is 0 Å². The van der Waals surface area contributed by atoms with Crippen molar-refractivity contribution in [3.63, 3.8) is 0 Å². The first-order valence-corrected chi connectivity index (χ1v) is 6.25. The topological polar surface area (TPSA) is 12.0 Å². The van der Waals surface area contributed by atoms with Gasteiger partial charge in [-0.05, 0) is 51.1 Å². The van der Waals surface area contributed by atoms with Crippen LogP contribution in [-0.2, 0) is 0 Å². The Bertz CT molecular complexity index is 136. The Kier molecular flexibility index (Phi) is 6.77. The number of unbranched alkanes of at least 4 members (excludes halogenated alkanes) is 3. The molecule has 1 fully saturated rings. The molecule has 1 aliphatic carbocycles. The molecule has 0 bridgehead atoms. The van der Waals surface area contributed by atoms with Crippen LogP contribution >= 0.6 is 0 Å². The van der Waals surface area contributed by atoms with Crippen molar-refractivity contribution >= 4 is 0 Å². The fraction of sp³-hybridized carbons (Fsp3) is 0.846. The van der Waals surface area contributed by atoms with Crippen LogP contribution in [0.5, 0.6) is 0 Å². The summed E-state index contributed by atoms with van der Waals surface area (Å²) in [7, 11) is 0. The van der Waals surface area contributed by atoms with E-state index >= 15 is 0 Å². The van der Waals surface area contributed by atoms with Gasteiger partial charge in [0.15, 0.2) is 0 Å². The molecule has 1 heteroatoms. The minimum Gasteiger partial charge on any atom is -0.316 e. The highest BCUT2D eigenvalue weighted by Gasteiger charge is 2.13. The van der Waals surface area contributed by atoms with Gasteiger partial charge in [-0.1, -0.05) is 25.3 Å². The van der Waals surface area contributed by atoms with Gasteiger partial charge in [0.2, 0.25) is 0 Å². The summed E-state index contributed by atoms with van der Waals surface area (Å²) in [5, 5.41) is 3.58. The molecule has 0 saturated heterocycles. The highest BCUT2D eigenvalue weighted by Crippen LogP contribution is 2.23. The van der Waals surface area contributed by atoms with Crippen LogP contribution in [-0.4, -0.2) is 13.1 Å². The summed E-state index contributed by atoms with van der Waals surface area (Å²) in [4.78, 5) is 0. The third-order valence-corrected chi connectivity index (χ3v) is 3.17. The lowest BCUT2D eigenvalue weighted by Crippen LogP contribution is -2.22. The van der Waals surface area contributed by atoms with E-state index in [1.807, 2.05) is 6.08 Å². The molecule has 0 aliphatic heterocycles.